The van der Waals surface area contributed by atoms with Crippen LogP contribution in [0.1, 0.15) is 6.42 Å². The second-order valence-electron chi connectivity index (χ2n) is 5.50. The smallest absolute Gasteiger partial charge is 0.234 e. The number of hydrogen-bond acceptors (Lipinski definition) is 6. The lowest BCUT2D eigenvalue weighted by Gasteiger charge is -2.08. The largest absolute Gasteiger partial charge is 0.461 e. The van der Waals surface area contributed by atoms with E-state index >= 15 is 0 Å². The van der Waals surface area contributed by atoms with Gasteiger partial charge in [-0.15, -0.1) is 10.2 Å². The van der Waals surface area contributed by atoms with Crippen LogP contribution in [-0.4, -0.2) is 32.3 Å². The van der Waals surface area contributed by atoms with Gasteiger partial charge >= 0.3 is 0 Å². The molecule has 1 aromatic carbocycles. The van der Waals surface area contributed by atoms with Gasteiger partial charge in [0.2, 0.25) is 11.8 Å². The zero-order chi connectivity index (χ0) is 19.2. The number of benzene rings is 1. The lowest BCUT2D eigenvalue weighted by atomic mass is 10.3. The average Bonchev–Trinajstić information content (AvgIpc) is 3.29. The van der Waals surface area contributed by atoms with Crippen molar-refractivity contribution >= 4 is 51.9 Å². The normalized spacial score (nSPS) is 10.7. The lowest BCUT2D eigenvalue weighted by Crippen LogP contribution is -2.16. The molecule has 2 aromatic heterocycles. The van der Waals surface area contributed by atoms with Crippen molar-refractivity contribution in [3.63, 3.8) is 0 Å². The fraction of sp³-hybridized carbons (Fsp3) is 0.176. The molecule has 8 nitrogen and oxygen atoms in total. The van der Waals surface area contributed by atoms with Crippen LogP contribution in [0.5, 0.6) is 0 Å². The summed E-state index contributed by atoms with van der Waals surface area (Å²) in [5.41, 5.74) is 5.99. The van der Waals surface area contributed by atoms with Crippen LogP contribution in [0, 0.1) is 3.57 Å². The minimum Gasteiger partial charge on any atom is -0.461 e. The van der Waals surface area contributed by atoms with E-state index < -0.39 is 5.91 Å². The molecule has 0 fully saturated rings. The highest BCUT2D eigenvalue weighted by Gasteiger charge is 2.18. The van der Waals surface area contributed by atoms with E-state index in [1.165, 1.54) is 18.0 Å². The van der Waals surface area contributed by atoms with Crippen LogP contribution in [0.4, 0.5) is 5.69 Å². The van der Waals surface area contributed by atoms with E-state index in [9.17, 15) is 9.59 Å². The van der Waals surface area contributed by atoms with Crippen molar-refractivity contribution in [1.29, 1.82) is 0 Å². The number of amides is 2. The molecule has 27 heavy (non-hydrogen) atoms. The molecule has 0 spiro atoms. The molecule has 3 N–H and O–H groups in total. The third kappa shape index (κ3) is 5.32. The third-order valence-corrected chi connectivity index (χ3v) is 5.19. The Balaban J connectivity index is 1.69. The van der Waals surface area contributed by atoms with E-state index in [-0.39, 0.29) is 18.1 Å². The molecule has 10 heteroatoms. The monoisotopic (exact) mass is 497 g/mol. The van der Waals surface area contributed by atoms with Crippen molar-refractivity contribution in [2.45, 2.75) is 18.1 Å². The summed E-state index contributed by atoms with van der Waals surface area (Å²) in [6.07, 6.45) is 1.66. The summed E-state index contributed by atoms with van der Waals surface area (Å²) in [4.78, 5) is 23.4. The molecule has 0 aliphatic carbocycles. The Hall–Kier alpha value is -2.34. The SMILES string of the molecule is NC(=O)CCn1c(SCC(=O)Nc2ccc(I)cc2)nnc1-c1ccco1. The van der Waals surface area contributed by atoms with Gasteiger partial charge in [-0.25, -0.2) is 0 Å². The Bertz CT molecular complexity index is 925. The van der Waals surface area contributed by atoms with Crippen molar-refractivity contribution in [2.24, 2.45) is 5.73 Å². The number of rotatable bonds is 8. The van der Waals surface area contributed by atoms with Gasteiger partial charge in [0.25, 0.3) is 0 Å². The number of primary amides is 1. The summed E-state index contributed by atoms with van der Waals surface area (Å²) < 4.78 is 8.19. The minimum atomic E-state index is -0.429. The first kappa shape index (κ1) is 19.4. The average molecular weight is 497 g/mol. The Morgan fingerprint density at radius 2 is 2.00 bits per heavy atom. The number of furan rings is 1. The number of hydrogen-bond donors (Lipinski definition) is 2. The van der Waals surface area contributed by atoms with E-state index in [1.807, 2.05) is 24.3 Å². The molecule has 2 heterocycles. The highest BCUT2D eigenvalue weighted by atomic mass is 127. The van der Waals surface area contributed by atoms with E-state index in [1.54, 1.807) is 16.7 Å². The van der Waals surface area contributed by atoms with Gasteiger partial charge in [-0.3, -0.25) is 14.2 Å². The number of nitrogens with one attached hydrogen (secondary N) is 1. The Morgan fingerprint density at radius 1 is 1.22 bits per heavy atom. The minimum absolute atomic E-state index is 0.133. The van der Waals surface area contributed by atoms with Gasteiger partial charge in [-0.2, -0.15) is 0 Å². The second kappa shape index (κ2) is 9.04. The molecule has 0 bridgehead atoms. The number of thioether (sulfide) groups is 1. The molecule has 0 aliphatic rings. The molecule has 0 saturated heterocycles. The van der Waals surface area contributed by atoms with Crippen LogP contribution < -0.4 is 11.1 Å². The van der Waals surface area contributed by atoms with Gasteiger partial charge in [0.05, 0.1) is 12.0 Å². The molecular formula is C17H16IN5O3S. The Labute approximate surface area is 173 Å². The highest BCUT2D eigenvalue weighted by molar-refractivity contribution is 14.1. The number of anilines is 1. The number of carbonyl (C=O) groups is 2. The molecule has 0 atom stereocenters. The van der Waals surface area contributed by atoms with Crippen molar-refractivity contribution in [3.05, 3.63) is 46.2 Å². The fourth-order valence-corrected chi connectivity index (χ4v) is 3.39. The van der Waals surface area contributed by atoms with Gasteiger partial charge in [0.15, 0.2) is 16.7 Å². The van der Waals surface area contributed by atoms with Crippen LogP contribution in [0.2, 0.25) is 0 Å². The summed E-state index contributed by atoms with van der Waals surface area (Å²) >= 11 is 3.43. The molecule has 3 aromatic rings. The summed E-state index contributed by atoms with van der Waals surface area (Å²) in [6.45, 7) is 0.305. The molecule has 0 unspecified atom stereocenters. The van der Waals surface area contributed by atoms with Crippen LogP contribution in [0.3, 0.4) is 0 Å². The number of aromatic nitrogens is 3. The second-order valence-corrected chi connectivity index (χ2v) is 7.68. The highest BCUT2D eigenvalue weighted by Crippen LogP contribution is 2.25. The molecule has 0 aliphatic heterocycles. The first-order valence-corrected chi connectivity index (χ1v) is 10.0. The van der Waals surface area contributed by atoms with E-state index in [0.29, 0.717) is 23.3 Å². The Kier molecular flexibility index (Phi) is 6.50. The molecule has 3 rings (SSSR count). The maximum atomic E-state index is 12.2. The van der Waals surface area contributed by atoms with Gasteiger partial charge in [0, 0.05) is 22.2 Å². The van der Waals surface area contributed by atoms with Crippen LogP contribution in [0.25, 0.3) is 11.6 Å². The zero-order valence-electron chi connectivity index (χ0n) is 14.1. The van der Waals surface area contributed by atoms with E-state index in [2.05, 4.69) is 38.1 Å². The number of carbonyl (C=O) groups excluding carboxylic acids is 2. The predicted molar refractivity (Wildman–Crippen MR) is 110 cm³/mol. The van der Waals surface area contributed by atoms with Crippen molar-refractivity contribution in [1.82, 2.24) is 14.8 Å². The quantitative estimate of drug-likeness (QED) is 0.365. The molecule has 2 amide bonds. The number of nitrogens with two attached hydrogens (primary N) is 1. The lowest BCUT2D eigenvalue weighted by molar-refractivity contribution is -0.118. The van der Waals surface area contributed by atoms with Crippen molar-refractivity contribution in [3.8, 4) is 11.6 Å². The van der Waals surface area contributed by atoms with Crippen LogP contribution in [-0.2, 0) is 16.1 Å². The molecule has 0 saturated carbocycles. The maximum Gasteiger partial charge on any atom is 0.234 e. The van der Waals surface area contributed by atoms with E-state index in [0.717, 1.165) is 9.26 Å². The van der Waals surface area contributed by atoms with Gasteiger partial charge in [0.1, 0.15) is 0 Å². The summed E-state index contributed by atoms with van der Waals surface area (Å²) in [5, 5.41) is 11.6. The zero-order valence-corrected chi connectivity index (χ0v) is 17.1. The molecule has 0 radical (unpaired) electrons. The van der Waals surface area contributed by atoms with Gasteiger partial charge in [-0.1, -0.05) is 11.8 Å². The standard InChI is InChI=1S/C17H16IN5O3S/c18-11-3-5-12(6-4-11)20-15(25)10-27-17-22-21-16(13-2-1-9-26-13)23(17)8-7-14(19)24/h1-6,9H,7-8,10H2,(H2,19,24)(H,20,25). The summed E-state index contributed by atoms with van der Waals surface area (Å²) in [7, 11) is 0. The molecular weight excluding hydrogens is 481 g/mol. The van der Waals surface area contributed by atoms with Crippen molar-refractivity contribution in [2.75, 3.05) is 11.1 Å². The molecule has 140 valence electrons. The predicted octanol–water partition coefficient (Wildman–Crippen LogP) is 2.75. The van der Waals surface area contributed by atoms with Gasteiger partial charge in [-0.05, 0) is 59.0 Å². The summed E-state index contributed by atoms with van der Waals surface area (Å²) in [5.74, 6) is 0.578. The third-order valence-electron chi connectivity index (χ3n) is 3.50. The van der Waals surface area contributed by atoms with Gasteiger partial charge < -0.3 is 15.5 Å². The van der Waals surface area contributed by atoms with Crippen LogP contribution >= 0.6 is 34.4 Å². The topological polar surface area (TPSA) is 116 Å². The fourth-order valence-electron chi connectivity index (χ4n) is 2.27. The first-order chi connectivity index (χ1) is 13.0. The Morgan fingerprint density at radius 3 is 2.67 bits per heavy atom. The number of nitrogens with zero attached hydrogens (tertiary/aromatic N) is 3. The summed E-state index contributed by atoms with van der Waals surface area (Å²) in [6, 6.07) is 11.0. The van der Waals surface area contributed by atoms with Crippen molar-refractivity contribution < 1.29 is 14.0 Å². The maximum absolute atomic E-state index is 12.2. The van der Waals surface area contributed by atoms with E-state index in [4.69, 9.17) is 10.2 Å². The number of halogens is 1. The van der Waals surface area contributed by atoms with Crippen LogP contribution in [0.15, 0.2) is 52.2 Å². The first-order valence-electron chi connectivity index (χ1n) is 7.96.